The number of piperidine rings is 1. The molecule has 0 aliphatic carbocycles. The van der Waals surface area contributed by atoms with Crippen LogP contribution in [-0.4, -0.2) is 34.9 Å². The van der Waals surface area contributed by atoms with Gasteiger partial charge in [0.2, 0.25) is 5.91 Å². The van der Waals surface area contributed by atoms with Gasteiger partial charge in [-0.15, -0.1) is 0 Å². The van der Waals surface area contributed by atoms with E-state index in [0.29, 0.717) is 12.5 Å². The molecular weight excluding hydrogens is 322 g/mol. The van der Waals surface area contributed by atoms with Gasteiger partial charge in [-0.2, -0.15) is 0 Å². The molecule has 1 aliphatic heterocycles. The van der Waals surface area contributed by atoms with E-state index in [1.807, 2.05) is 18.3 Å². The van der Waals surface area contributed by atoms with Crippen LogP contribution < -0.4 is 5.32 Å². The first kappa shape index (κ1) is 18.6. The Labute approximate surface area is 156 Å². The van der Waals surface area contributed by atoms with Crippen LogP contribution in [0.25, 0.3) is 0 Å². The third-order valence-electron chi connectivity index (χ3n) is 5.30. The summed E-state index contributed by atoms with van der Waals surface area (Å²) in [5.41, 5.74) is 3.31. The first-order valence-corrected chi connectivity index (χ1v) is 9.63. The molecule has 1 aliphatic rings. The van der Waals surface area contributed by atoms with Crippen LogP contribution in [-0.2, 0) is 4.79 Å². The molecule has 2 unspecified atom stereocenters. The number of rotatable bonds is 6. The molecule has 1 aromatic carbocycles. The second kappa shape index (κ2) is 8.95. The van der Waals surface area contributed by atoms with E-state index >= 15 is 0 Å². The van der Waals surface area contributed by atoms with Crippen molar-refractivity contribution in [3.63, 3.8) is 0 Å². The molecule has 2 heterocycles. The highest BCUT2D eigenvalue weighted by Gasteiger charge is 2.21. The summed E-state index contributed by atoms with van der Waals surface area (Å²) in [4.78, 5) is 19.3. The van der Waals surface area contributed by atoms with E-state index in [1.54, 1.807) is 6.20 Å². The van der Waals surface area contributed by atoms with Crippen LogP contribution in [0.4, 0.5) is 0 Å². The van der Waals surface area contributed by atoms with E-state index < -0.39 is 0 Å². The van der Waals surface area contributed by atoms with Crippen LogP contribution in [0.3, 0.4) is 0 Å². The molecule has 2 aromatic rings. The maximum Gasteiger partial charge on any atom is 0.222 e. The van der Waals surface area contributed by atoms with Crippen molar-refractivity contribution in [2.24, 2.45) is 0 Å². The molecule has 2 atom stereocenters. The Balaban J connectivity index is 1.67. The topological polar surface area (TPSA) is 45.2 Å². The van der Waals surface area contributed by atoms with Crippen molar-refractivity contribution < 1.29 is 4.79 Å². The van der Waals surface area contributed by atoms with Crippen LogP contribution in [0.2, 0.25) is 0 Å². The van der Waals surface area contributed by atoms with E-state index in [2.05, 4.69) is 53.3 Å². The number of amides is 1. The lowest BCUT2D eigenvalue weighted by Crippen LogP contribution is -2.40. The van der Waals surface area contributed by atoms with Crippen LogP contribution in [0.15, 0.2) is 48.8 Å². The molecule has 1 aromatic heterocycles. The zero-order valence-electron chi connectivity index (χ0n) is 15.8. The molecular formula is C22H29N3O. The minimum atomic E-state index is -0.157. The molecule has 0 bridgehead atoms. The highest BCUT2D eigenvalue weighted by Crippen LogP contribution is 2.22. The van der Waals surface area contributed by atoms with Gasteiger partial charge in [-0.05, 0) is 50.4 Å². The van der Waals surface area contributed by atoms with Gasteiger partial charge in [-0.3, -0.25) is 9.78 Å². The summed E-state index contributed by atoms with van der Waals surface area (Å²) in [6.45, 7) is 6.28. The number of likely N-dealkylation sites (tertiary alicyclic amines) is 1. The molecule has 1 N–H and O–H groups in total. The Hall–Kier alpha value is -2.20. The normalized spacial score (nSPS) is 19.1. The van der Waals surface area contributed by atoms with Gasteiger partial charge in [0.1, 0.15) is 0 Å². The first-order chi connectivity index (χ1) is 12.6. The second-order valence-corrected chi connectivity index (χ2v) is 7.33. The lowest BCUT2D eigenvalue weighted by molar-refractivity contribution is -0.122. The van der Waals surface area contributed by atoms with E-state index in [0.717, 1.165) is 24.2 Å². The van der Waals surface area contributed by atoms with E-state index in [-0.39, 0.29) is 11.9 Å². The highest BCUT2D eigenvalue weighted by molar-refractivity contribution is 5.77. The molecule has 1 amide bonds. The summed E-state index contributed by atoms with van der Waals surface area (Å²) in [6.07, 6.45) is 7.91. The summed E-state index contributed by atoms with van der Waals surface area (Å²) < 4.78 is 0. The number of hydrogen-bond donors (Lipinski definition) is 1. The second-order valence-electron chi connectivity index (χ2n) is 7.33. The van der Waals surface area contributed by atoms with E-state index in [1.165, 1.54) is 24.8 Å². The summed E-state index contributed by atoms with van der Waals surface area (Å²) >= 11 is 0. The number of hydrogen-bond acceptors (Lipinski definition) is 3. The Kier molecular flexibility index (Phi) is 6.40. The smallest absolute Gasteiger partial charge is 0.222 e. The maximum absolute atomic E-state index is 12.7. The third-order valence-corrected chi connectivity index (χ3v) is 5.30. The van der Waals surface area contributed by atoms with Gasteiger partial charge in [-0.1, -0.05) is 42.3 Å². The lowest BCUT2D eigenvalue weighted by Gasteiger charge is -2.33. The van der Waals surface area contributed by atoms with Crippen LogP contribution in [0.1, 0.15) is 55.3 Å². The molecule has 138 valence electrons. The molecule has 4 heteroatoms. The number of carbonyl (C=O) groups excluding carboxylic acids is 1. The van der Waals surface area contributed by atoms with Gasteiger partial charge in [0.25, 0.3) is 0 Å². The molecule has 4 nitrogen and oxygen atoms in total. The van der Waals surface area contributed by atoms with Gasteiger partial charge in [-0.25, -0.2) is 0 Å². The van der Waals surface area contributed by atoms with Gasteiger partial charge in [0.15, 0.2) is 0 Å². The van der Waals surface area contributed by atoms with Crippen LogP contribution in [0.5, 0.6) is 0 Å². The quantitative estimate of drug-likeness (QED) is 0.859. The molecule has 3 rings (SSSR count). The van der Waals surface area contributed by atoms with Crippen molar-refractivity contribution in [3.8, 4) is 0 Å². The van der Waals surface area contributed by atoms with Crippen molar-refractivity contribution in [1.82, 2.24) is 15.2 Å². The van der Waals surface area contributed by atoms with Crippen LogP contribution in [0, 0.1) is 6.92 Å². The summed E-state index contributed by atoms with van der Waals surface area (Å²) in [7, 11) is 0. The number of benzene rings is 1. The lowest BCUT2D eigenvalue weighted by atomic mass is 9.99. The molecule has 0 radical (unpaired) electrons. The Morgan fingerprint density at radius 2 is 2.04 bits per heavy atom. The van der Waals surface area contributed by atoms with Crippen LogP contribution >= 0.6 is 0 Å². The molecule has 0 saturated carbocycles. The predicted molar refractivity (Wildman–Crippen MR) is 105 cm³/mol. The standard InChI is InChI=1S/C22H29N3O/c1-17-8-10-19(11-9-17)22(20-7-5-13-23-16-20)24-21(26)12-15-25-14-4-3-6-18(25)2/h5,7-11,13,16,18,22H,3-4,6,12,14-15H2,1-2H3,(H,24,26). The maximum atomic E-state index is 12.7. The van der Waals surface area contributed by atoms with Crippen molar-refractivity contribution in [2.75, 3.05) is 13.1 Å². The largest absolute Gasteiger partial charge is 0.345 e. The van der Waals surface area contributed by atoms with Crippen molar-refractivity contribution >= 4 is 5.91 Å². The Bertz CT molecular complexity index is 699. The number of pyridine rings is 1. The number of carbonyl (C=O) groups is 1. The monoisotopic (exact) mass is 351 g/mol. The fourth-order valence-electron chi connectivity index (χ4n) is 3.63. The average Bonchev–Trinajstić information content (AvgIpc) is 2.67. The summed E-state index contributed by atoms with van der Waals surface area (Å²) in [6, 6.07) is 12.7. The molecule has 0 spiro atoms. The third kappa shape index (κ3) is 4.92. The predicted octanol–water partition coefficient (Wildman–Crippen LogP) is 3.86. The number of aromatic nitrogens is 1. The molecule has 26 heavy (non-hydrogen) atoms. The number of aryl methyl sites for hydroxylation is 1. The van der Waals surface area contributed by atoms with Crippen molar-refractivity contribution in [3.05, 3.63) is 65.5 Å². The van der Waals surface area contributed by atoms with E-state index in [9.17, 15) is 4.79 Å². The number of nitrogens with one attached hydrogen (secondary N) is 1. The van der Waals surface area contributed by atoms with Gasteiger partial charge >= 0.3 is 0 Å². The zero-order chi connectivity index (χ0) is 18.4. The van der Waals surface area contributed by atoms with E-state index in [4.69, 9.17) is 0 Å². The van der Waals surface area contributed by atoms with Crippen molar-refractivity contribution in [1.29, 1.82) is 0 Å². The summed E-state index contributed by atoms with van der Waals surface area (Å²) in [5.74, 6) is 0.0946. The minimum absolute atomic E-state index is 0.0946. The summed E-state index contributed by atoms with van der Waals surface area (Å²) in [5, 5.41) is 3.22. The molecule has 1 fully saturated rings. The zero-order valence-corrected chi connectivity index (χ0v) is 15.8. The first-order valence-electron chi connectivity index (χ1n) is 9.63. The fraction of sp³-hybridized carbons (Fsp3) is 0.455. The average molecular weight is 351 g/mol. The van der Waals surface area contributed by atoms with Crippen molar-refractivity contribution in [2.45, 2.75) is 51.6 Å². The number of nitrogens with zero attached hydrogens (tertiary/aromatic N) is 2. The Morgan fingerprint density at radius 3 is 2.73 bits per heavy atom. The van der Waals surface area contributed by atoms with Gasteiger partial charge < -0.3 is 10.2 Å². The van der Waals surface area contributed by atoms with Gasteiger partial charge in [0, 0.05) is 31.4 Å². The SMILES string of the molecule is Cc1ccc(C(NC(=O)CCN2CCCCC2C)c2cccnc2)cc1. The molecule has 1 saturated heterocycles. The highest BCUT2D eigenvalue weighted by atomic mass is 16.1. The minimum Gasteiger partial charge on any atom is -0.345 e. The van der Waals surface area contributed by atoms with Gasteiger partial charge in [0.05, 0.1) is 6.04 Å². The fourth-order valence-corrected chi connectivity index (χ4v) is 3.63. The Morgan fingerprint density at radius 1 is 1.23 bits per heavy atom.